The molecule has 1 aromatic rings. The highest BCUT2D eigenvalue weighted by Gasteiger charge is 2.36. The van der Waals surface area contributed by atoms with Crippen molar-refractivity contribution in [3.8, 4) is 0 Å². The van der Waals surface area contributed by atoms with E-state index in [-0.39, 0.29) is 75.3 Å². The highest BCUT2D eigenvalue weighted by atomic mass is 19.1. The summed E-state index contributed by atoms with van der Waals surface area (Å²) >= 11 is 0. The fourth-order valence-corrected chi connectivity index (χ4v) is 3.86. The van der Waals surface area contributed by atoms with Gasteiger partial charge in [0, 0.05) is 44.6 Å². The molecule has 3 heterocycles. The zero-order valence-corrected chi connectivity index (χ0v) is 15.6. The molecular weight excluding hydrogens is 388 g/mol. The summed E-state index contributed by atoms with van der Waals surface area (Å²) in [6, 6.07) is 2.15. The molecule has 3 saturated heterocycles. The molecule has 0 aliphatic carbocycles. The van der Waals surface area contributed by atoms with Crippen LogP contribution in [-0.2, 0) is 14.3 Å². The minimum absolute atomic E-state index is 0.0473. The van der Waals surface area contributed by atoms with Crippen LogP contribution in [0.2, 0.25) is 0 Å². The van der Waals surface area contributed by atoms with Gasteiger partial charge in [0.15, 0.2) is 11.6 Å². The molecule has 3 amide bonds. The lowest BCUT2D eigenvalue weighted by atomic mass is 10.2. The number of nitrogens with zero attached hydrogens (tertiary/aromatic N) is 4. The first-order chi connectivity index (χ1) is 13.9. The third-order valence-corrected chi connectivity index (χ3v) is 5.35. The van der Waals surface area contributed by atoms with Crippen molar-refractivity contribution in [2.24, 2.45) is 5.73 Å². The number of benzene rings is 1. The first-order valence-electron chi connectivity index (χ1n) is 9.42. The Labute approximate surface area is 165 Å². The zero-order valence-electron chi connectivity index (χ0n) is 15.6. The third kappa shape index (κ3) is 3.46. The van der Waals surface area contributed by atoms with Gasteiger partial charge in [0.2, 0.25) is 11.8 Å². The lowest BCUT2D eigenvalue weighted by Gasteiger charge is -2.36. The van der Waals surface area contributed by atoms with E-state index in [0.717, 1.165) is 17.0 Å². The summed E-state index contributed by atoms with van der Waals surface area (Å²) in [6.07, 6.45) is -0.950. The normalized spacial score (nSPS) is 22.7. The maximum Gasteiger partial charge on any atom is 0.414 e. The van der Waals surface area contributed by atoms with Crippen LogP contribution < -0.4 is 15.5 Å². The van der Waals surface area contributed by atoms with Crippen LogP contribution in [0.1, 0.15) is 12.8 Å². The number of rotatable bonds is 3. The Morgan fingerprint density at radius 2 is 1.52 bits per heavy atom. The third-order valence-electron chi connectivity index (χ3n) is 5.35. The minimum atomic E-state index is -0.837. The van der Waals surface area contributed by atoms with Crippen molar-refractivity contribution in [2.45, 2.75) is 18.9 Å². The van der Waals surface area contributed by atoms with Gasteiger partial charge >= 0.3 is 6.09 Å². The van der Waals surface area contributed by atoms with Crippen molar-refractivity contribution in [2.75, 3.05) is 49.1 Å². The molecular formula is C18H21F2N5O4. The second kappa shape index (κ2) is 7.47. The zero-order chi connectivity index (χ0) is 20.7. The average Bonchev–Trinajstić information content (AvgIpc) is 2.92. The lowest BCUT2D eigenvalue weighted by molar-refractivity contribution is -0.169. The van der Waals surface area contributed by atoms with Crippen molar-refractivity contribution >= 4 is 29.3 Å². The van der Waals surface area contributed by atoms with E-state index in [1.807, 2.05) is 0 Å². The van der Waals surface area contributed by atoms with Crippen molar-refractivity contribution in [1.82, 2.24) is 10.0 Å². The molecule has 4 rings (SSSR count). The predicted molar refractivity (Wildman–Crippen MR) is 97.9 cm³/mol. The summed E-state index contributed by atoms with van der Waals surface area (Å²) < 4.78 is 34.8. The molecule has 0 saturated carbocycles. The number of cyclic esters (lactones) is 1. The van der Waals surface area contributed by atoms with Crippen molar-refractivity contribution in [1.29, 1.82) is 0 Å². The summed E-state index contributed by atoms with van der Waals surface area (Å²) in [5.74, 6) is -2.03. The molecule has 156 valence electrons. The Morgan fingerprint density at radius 3 is 2.00 bits per heavy atom. The molecule has 0 aromatic heterocycles. The minimum Gasteiger partial charge on any atom is -0.443 e. The Bertz CT molecular complexity index is 818. The molecule has 2 N–H and O–H groups in total. The number of nitrogens with two attached hydrogens (primary N) is 1. The number of ether oxygens (including phenoxy) is 1. The molecule has 29 heavy (non-hydrogen) atoms. The van der Waals surface area contributed by atoms with Crippen LogP contribution in [0.5, 0.6) is 0 Å². The van der Waals surface area contributed by atoms with Gasteiger partial charge in [0.05, 0.1) is 25.3 Å². The van der Waals surface area contributed by atoms with Crippen LogP contribution in [0.15, 0.2) is 12.1 Å². The summed E-state index contributed by atoms with van der Waals surface area (Å²) in [5, 5.41) is 2.70. The fraction of sp³-hybridized carbons (Fsp3) is 0.500. The van der Waals surface area contributed by atoms with Crippen LogP contribution in [0, 0.1) is 11.6 Å². The maximum absolute atomic E-state index is 14.9. The molecule has 0 unspecified atom stereocenters. The van der Waals surface area contributed by atoms with Gasteiger partial charge in [-0.2, -0.15) is 0 Å². The van der Waals surface area contributed by atoms with Gasteiger partial charge in [-0.25, -0.2) is 23.6 Å². The number of halogens is 2. The predicted octanol–water partition coefficient (Wildman–Crippen LogP) is 0.435. The molecule has 0 radical (unpaired) electrons. The van der Waals surface area contributed by atoms with Crippen LogP contribution in [-0.4, -0.2) is 73.3 Å². The van der Waals surface area contributed by atoms with E-state index in [2.05, 4.69) is 0 Å². The van der Waals surface area contributed by atoms with E-state index in [4.69, 9.17) is 10.5 Å². The molecule has 1 aromatic carbocycles. The quantitative estimate of drug-likeness (QED) is 0.778. The van der Waals surface area contributed by atoms with E-state index in [1.54, 1.807) is 0 Å². The number of fused-ring (bicyclic) bond motifs is 1. The lowest BCUT2D eigenvalue weighted by Crippen LogP contribution is -2.53. The van der Waals surface area contributed by atoms with E-state index in [0.29, 0.717) is 0 Å². The van der Waals surface area contributed by atoms with Gasteiger partial charge in [-0.05, 0) is 0 Å². The van der Waals surface area contributed by atoms with Crippen LogP contribution in [0.25, 0.3) is 0 Å². The van der Waals surface area contributed by atoms with Crippen LogP contribution in [0.3, 0.4) is 0 Å². The number of amides is 3. The number of hydrogen-bond donors (Lipinski definition) is 1. The average molecular weight is 409 g/mol. The van der Waals surface area contributed by atoms with Gasteiger partial charge < -0.3 is 15.4 Å². The highest BCUT2D eigenvalue weighted by Crippen LogP contribution is 2.31. The number of hydrogen-bond acceptors (Lipinski definition) is 6. The number of anilines is 2. The maximum atomic E-state index is 14.9. The van der Waals surface area contributed by atoms with E-state index in [9.17, 15) is 23.2 Å². The van der Waals surface area contributed by atoms with Gasteiger partial charge in [0.25, 0.3) is 0 Å². The summed E-state index contributed by atoms with van der Waals surface area (Å²) in [7, 11) is 0. The second-order valence-corrected chi connectivity index (χ2v) is 7.13. The number of carbonyl (C=O) groups excluding carboxylic acids is 3. The second-order valence-electron chi connectivity index (χ2n) is 7.13. The summed E-state index contributed by atoms with van der Waals surface area (Å²) in [6.45, 7) is 0.881. The van der Waals surface area contributed by atoms with Crippen LogP contribution in [0.4, 0.5) is 25.0 Å². The smallest absolute Gasteiger partial charge is 0.414 e. The van der Waals surface area contributed by atoms with Crippen molar-refractivity contribution in [3.05, 3.63) is 23.8 Å². The van der Waals surface area contributed by atoms with Crippen LogP contribution >= 0.6 is 0 Å². The molecule has 9 nitrogen and oxygen atoms in total. The first-order valence-corrected chi connectivity index (χ1v) is 9.42. The molecule has 3 aliphatic rings. The van der Waals surface area contributed by atoms with Gasteiger partial charge in [-0.3, -0.25) is 14.5 Å². The van der Waals surface area contributed by atoms with E-state index < -0.39 is 23.8 Å². The van der Waals surface area contributed by atoms with Gasteiger partial charge in [-0.15, -0.1) is 0 Å². The van der Waals surface area contributed by atoms with Gasteiger partial charge in [0.1, 0.15) is 11.8 Å². The van der Waals surface area contributed by atoms with Crippen molar-refractivity contribution in [3.63, 3.8) is 0 Å². The molecule has 1 atom stereocenters. The highest BCUT2D eigenvalue weighted by molar-refractivity contribution is 5.90. The van der Waals surface area contributed by atoms with Gasteiger partial charge in [-0.1, -0.05) is 0 Å². The molecule has 11 heteroatoms. The Balaban J connectivity index is 1.57. The van der Waals surface area contributed by atoms with Crippen molar-refractivity contribution < 1.29 is 27.9 Å². The topological polar surface area (TPSA) is 99.4 Å². The Hall–Kier alpha value is -2.95. The SMILES string of the molecule is NC[C@H]1CN(c2cc(F)c(N3CCN4C(=O)CCC(=O)N4CC3)c(F)c2)C(=O)O1. The number of carbonyl (C=O) groups is 3. The first kappa shape index (κ1) is 19.4. The Morgan fingerprint density at radius 1 is 0.966 bits per heavy atom. The summed E-state index contributed by atoms with van der Waals surface area (Å²) in [4.78, 5) is 38.7. The molecule has 0 bridgehead atoms. The standard InChI is InChI=1S/C18H21F2N5O4/c19-13-7-11(23-10-12(9-21)29-18(23)28)8-14(20)17(13)22-3-5-24-15(26)1-2-16(27)25(24)6-4-22/h7-8,12H,1-6,9-10,21H2/t12-/m0/s1. The molecule has 3 aliphatic heterocycles. The Kier molecular flexibility index (Phi) is 4.99. The van der Waals surface area contributed by atoms with E-state index in [1.165, 1.54) is 14.9 Å². The largest absolute Gasteiger partial charge is 0.443 e. The molecule has 3 fully saturated rings. The monoisotopic (exact) mass is 409 g/mol. The summed E-state index contributed by atoms with van der Waals surface area (Å²) in [5.41, 5.74) is 5.28. The molecule has 0 spiro atoms. The number of hydrazine groups is 1. The fourth-order valence-electron chi connectivity index (χ4n) is 3.86. The van der Waals surface area contributed by atoms with E-state index >= 15 is 0 Å².